The van der Waals surface area contributed by atoms with Crippen molar-refractivity contribution >= 4 is 6.29 Å². The molecular formula is C59H86N2O8. The molecule has 1 aromatic rings. The van der Waals surface area contributed by atoms with Crippen molar-refractivity contribution in [3.63, 3.8) is 0 Å². The molecule has 1 aromatic carbocycles. The van der Waals surface area contributed by atoms with Gasteiger partial charge in [-0.1, -0.05) is 124 Å². The van der Waals surface area contributed by atoms with Crippen LogP contribution in [0.5, 0.6) is 0 Å². The molecule has 2 heterocycles. The highest BCUT2D eigenvalue weighted by atomic mass is 16.6. The number of aldehydes is 1. The van der Waals surface area contributed by atoms with Crippen LogP contribution in [0.3, 0.4) is 0 Å². The Morgan fingerprint density at radius 2 is 1.83 bits per heavy atom. The number of hydrogen-bond donors (Lipinski definition) is 7. The Hall–Kier alpha value is -3.29. The molecule has 4 aliphatic carbocycles. The lowest BCUT2D eigenvalue weighted by Crippen LogP contribution is -2.65. The van der Waals surface area contributed by atoms with E-state index in [2.05, 4.69) is 79.6 Å². The predicted molar refractivity (Wildman–Crippen MR) is 275 cm³/mol. The summed E-state index contributed by atoms with van der Waals surface area (Å²) in [7, 11) is 3.63. The van der Waals surface area contributed by atoms with E-state index < -0.39 is 41.7 Å². The predicted octanol–water partition coefficient (Wildman–Crippen LogP) is 8.40. The molecule has 0 amide bonds. The van der Waals surface area contributed by atoms with E-state index >= 15 is 0 Å². The van der Waals surface area contributed by atoms with Crippen LogP contribution < -0.4 is 10.6 Å². The smallest absolute Gasteiger partial charge is 0.162 e. The summed E-state index contributed by atoms with van der Waals surface area (Å²) in [5, 5.41) is 67.2. The molecule has 0 aromatic heterocycles. The Morgan fingerprint density at radius 1 is 1.06 bits per heavy atom. The molecule has 4 bridgehead atoms. The zero-order chi connectivity index (χ0) is 49.5. The monoisotopic (exact) mass is 951 g/mol. The molecule has 0 radical (unpaired) electrons. The van der Waals surface area contributed by atoms with Gasteiger partial charge >= 0.3 is 0 Å². The van der Waals surface area contributed by atoms with Gasteiger partial charge in [-0.05, 0) is 156 Å². The summed E-state index contributed by atoms with van der Waals surface area (Å²) < 4.78 is 12.2. The summed E-state index contributed by atoms with van der Waals surface area (Å²) in [6.07, 6.45) is 25.3. The van der Waals surface area contributed by atoms with E-state index in [-0.39, 0.29) is 47.7 Å². The van der Waals surface area contributed by atoms with Crippen molar-refractivity contribution in [2.75, 3.05) is 33.9 Å². The summed E-state index contributed by atoms with van der Waals surface area (Å²) in [5.74, 6) is -0.737. The highest BCUT2D eigenvalue weighted by Gasteiger charge is 2.69. The first-order valence-electron chi connectivity index (χ1n) is 26.4. The van der Waals surface area contributed by atoms with Crippen LogP contribution >= 0.6 is 0 Å². The maximum Gasteiger partial charge on any atom is 0.162 e. The molecule has 380 valence electrons. The van der Waals surface area contributed by atoms with Gasteiger partial charge in [-0.3, -0.25) is 10.1 Å². The summed E-state index contributed by atoms with van der Waals surface area (Å²) in [6.45, 7) is 13.8. The number of aliphatic hydroxyl groups excluding tert-OH is 4. The minimum Gasteiger partial charge on any atom is -0.396 e. The summed E-state index contributed by atoms with van der Waals surface area (Å²) >= 11 is 0. The van der Waals surface area contributed by atoms with E-state index in [1.807, 2.05) is 45.2 Å². The van der Waals surface area contributed by atoms with Gasteiger partial charge in [-0.2, -0.15) is 0 Å². The van der Waals surface area contributed by atoms with E-state index in [1.54, 1.807) is 7.11 Å². The Labute approximate surface area is 413 Å². The van der Waals surface area contributed by atoms with Crippen molar-refractivity contribution in [3.05, 3.63) is 118 Å². The minimum absolute atomic E-state index is 0.0257. The first-order chi connectivity index (χ1) is 33.1. The third-order valence-corrected chi connectivity index (χ3v) is 17.9. The van der Waals surface area contributed by atoms with Crippen LogP contribution in [0.15, 0.2) is 107 Å². The van der Waals surface area contributed by atoms with Crippen molar-refractivity contribution < 1.29 is 39.8 Å². The second-order valence-electron chi connectivity index (χ2n) is 22.2. The van der Waals surface area contributed by atoms with Gasteiger partial charge in [0.2, 0.25) is 0 Å². The number of methoxy groups -OCH3 is 1. The molecule has 1 spiro atoms. The molecule has 3 fully saturated rings. The first-order valence-corrected chi connectivity index (χ1v) is 26.4. The number of benzene rings is 1. The lowest BCUT2D eigenvalue weighted by molar-refractivity contribution is -0.195. The second-order valence-corrected chi connectivity index (χ2v) is 22.2. The molecule has 3 saturated carbocycles. The molecular weight excluding hydrogens is 865 g/mol. The molecule has 7 rings (SSSR count). The number of rotatable bonds is 16. The standard InChI is InChI=1S/C59H86N2O8/c1-38(2)48-23-24-51(69-56(48)66)49(50-25-27-59(54(50)64)53-44(26-31-62)21-22-46(52(53)41(5)37-63)36-58(59,67)28-30-60-6)18-11-13-39(3)45-20-19-40(4)55(65)61-57(29-32-68-7,47-16-9-8-10-17-47)35-43-15-12-14-42(33-43)34-45/h11-15,18-19,21-24,33,37-38,44-48,50-51,53-56,60-62,64-67H,3,8-10,16-17,20,25-32,34-36H2,1-2,4-7H3/b13-11+,40-19+,49-18+,52-41?/t44-,45-,46-,48-,50-,51+,53-,54+,55+,56-,57-,58+,59+/m0/s1. The molecule has 7 N–H and O–H groups in total. The SMILES string of the molecule is C=C(/C=C/C=C(/[C@H]1C=C[C@@H](C(C)C)[C@@H](O)O1)[C@@H]1CC[C@]2([C@@H]1O)[C@@H]1C(=C(C)C=O)[C@@H](C=C[C@H]1CCO)C[C@]2(O)CCNC)[C@H]1C/C=C(\C)[C@@H](O)N[C@](CCOC)(C2CCCCC2)Cc2cccc(c2)C1. The fraction of sp³-hybridized carbons (Fsp3) is 0.644. The fourth-order valence-electron chi connectivity index (χ4n) is 14.1. The summed E-state index contributed by atoms with van der Waals surface area (Å²) in [4.78, 5) is 12.6. The van der Waals surface area contributed by atoms with Gasteiger partial charge in [0.05, 0.1) is 11.7 Å². The Kier molecular flexibility index (Phi) is 18.2. The van der Waals surface area contributed by atoms with Gasteiger partial charge in [0.1, 0.15) is 18.6 Å². The number of nitrogens with one attached hydrogen (secondary N) is 2. The van der Waals surface area contributed by atoms with Gasteiger partial charge in [0.25, 0.3) is 0 Å². The zero-order valence-electron chi connectivity index (χ0n) is 42.6. The van der Waals surface area contributed by atoms with E-state index in [4.69, 9.17) is 9.47 Å². The second kappa shape index (κ2) is 23.5. The number of hydrogen-bond acceptors (Lipinski definition) is 10. The van der Waals surface area contributed by atoms with Gasteiger partial charge in [-0.25, -0.2) is 0 Å². The maximum atomic E-state index is 13.3. The fourth-order valence-corrected chi connectivity index (χ4v) is 14.1. The first kappa shape index (κ1) is 53.5. The topological polar surface area (TPSA) is 161 Å². The van der Waals surface area contributed by atoms with E-state index in [9.17, 15) is 30.3 Å². The quantitative estimate of drug-likeness (QED) is 0.0371. The zero-order valence-corrected chi connectivity index (χ0v) is 42.6. The third-order valence-electron chi connectivity index (χ3n) is 17.9. The van der Waals surface area contributed by atoms with Crippen molar-refractivity contribution in [1.82, 2.24) is 10.6 Å². The van der Waals surface area contributed by atoms with Crippen molar-refractivity contribution in [3.8, 4) is 0 Å². The van der Waals surface area contributed by atoms with Gasteiger partial charge in [-0.15, -0.1) is 0 Å². The van der Waals surface area contributed by atoms with Gasteiger partial charge in [0, 0.05) is 49.0 Å². The van der Waals surface area contributed by atoms with E-state index in [0.717, 1.165) is 60.7 Å². The number of carbonyl (C=O) groups excluding carboxylic acids is 1. The molecule has 69 heavy (non-hydrogen) atoms. The van der Waals surface area contributed by atoms with Crippen molar-refractivity contribution in [1.29, 1.82) is 0 Å². The lowest BCUT2D eigenvalue weighted by Gasteiger charge is -2.61. The normalized spacial score (nSPS) is 38.2. The van der Waals surface area contributed by atoms with Crippen LogP contribution in [0, 0.1) is 52.8 Å². The highest BCUT2D eigenvalue weighted by Crippen LogP contribution is 2.67. The van der Waals surface area contributed by atoms with Crippen LogP contribution in [0.4, 0.5) is 0 Å². The van der Waals surface area contributed by atoms with Crippen LogP contribution in [-0.4, -0.2) is 102 Å². The Bertz CT molecular complexity index is 2120. The van der Waals surface area contributed by atoms with Crippen LogP contribution in [0.1, 0.15) is 116 Å². The molecule has 2 aliphatic heterocycles. The average molecular weight is 951 g/mol. The van der Waals surface area contributed by atoms with Gasteiger partial charge < -0.3 is 40.3 Å². The Balaban J connectivity index is 1.24. The largest absolute Gasteiger partial charge is 0.396 e. The molecule has 10 nitrogen and oxygen atoms in total. The molecule has 0 saturated heterocycles. The van der Waals surface area contributed by atoms with E-state index in [1.165, 1.54) is 30.4 Å². The number of aliphatic hydroxyl groups is 5. The number of fused-ring (bicyclic) bond motifs is 5. The Morgan fingerprint density at radius 3 is 2.52 bits per heavy atom. The molecule has 13 atom stereocenters. The lowest BCUT2D eigenvalue weighted by atomic mass is 9.45. The van der Waals surface area contributed by atoms with Crippen molar-refractivity contribution in [2.24, 2.45) is 52.8 Å². The van der Waals surface area contributed by atoms with Crippen molar-refractivity contribution in [2.45, 2.75) is 153 Å². The van der Waals surface area contributed by atoms with Crippen LogP contribution in [0.25, 0.3) is 0 Å². The minimum atomic E-state index is -1.29. The molecule has 6 aliphatic rings. The van der Waals surface area contributed by atoms with Crippen LogP contribution in [0.2, 0.25) is 0 Å². The number of carbonyl (C=O) groups is 1. The number of ether oxygens (including phenoxy) is 2. The van der Waals surface area contributed by atoms with Crippen LogP contribution in [-0.2, 0) is 27.1 Å². The molecule has 10 heteroatoms. The number of allylic oxidation sites excluding steroid dienone is 9. The third kappa shape index (κ3) is 11.2. The summed E-state index contributed by atoms with van der Waals surface area (Å²) in [6, 6.07) is 8.94. The highest BCUT2D eigenvalue weighted by molar-refractivity contribution is 5.74. The maximum absolute atomic E-state index is 13.3. The summed E-state index contributed by atoms with van der Waals surface area (Å²) in [5.41, 5.74) is 4.10. The average Bonchev–Trinajstić information content (AvgIpc) is 3.68. The van der Waals surface area contributed by atoms with Gasteiger partial charge in [0.15, 0.2) is 6.29 Å². The molecule has 0 unspecified atom stereocenters. The van der Waals surface area contributed by atoms with E-state index in [0.29, 0.717) is 63.2 Å².